The van der Waals surface area contributed by atoms with Gasteiger partial charge in [0.25, 0.3) is 5.56 Å². The monoisotopic (exact) mass is 514 g/mol. The van der Waals surface area contributed by atoms with Gasteiger partial charge in [-0.3, -0.25) is 9.59 Å². The molecule has 5 rings (SSSR count). The number of hydrogen-bond donors (Lipinski definition) is 0. The Labute approximate surface area is 220 Å². The minimum atomic E-state index is -0.258. The normalized spacial score (nSPS) is 12.9. The van der Waals surface area contributed by atoms with E-state index in [4.69, 9.17) is 18.9 Å². The highest BCUT2D eigenvalue weighted by atomic mass is 16.5. The van der Waals surface area contributed by atoms with Crippen molar-refractivity contribution in [2.45, 2.75) is 12.6 Å². The van der Waals surface area contributed by atoms with Crippen LogP contribution in [0.2, 0.25) is 0 Å². The molecule has 1 aromatic heterocycles. The fourth-order valence-electron chi connectivity index (χ4n) is 5.35. The zero-order valence-corrected chi connectivity index (χ0v) is 22.3. The van der Waals surface area contributed by atoms with Crippen LogP contribution in [-0.2, 0) is 6.54 Å². The van der Waals surface area contributed by atoms with Gasteiger partial charge in [0.2, 0.25) is 0 Å². The van der Waals surface area contributed by atoms with Crippen molar-refractivity contribution in [2.24, 2.45) is 0 Å². The summed E-state index contributed by atoms with van der Waals surface area (Å²) in [5, 5.41) is 0.865. The number of rotatable bonds is 8. The Kier molecular flexibility index (Phi) is 6.59. The Balaban J connectivity index is 1.82. The van der Waals surface area contributed by atoms with Crippen LogP contribution < -0.4 is 24.5 Å². The van der Waals surface area contributed by atoms with Crippen LogP contribution in [0.5, 0.6) is 23.0 Å². The first-order valence-electron chi connectivity index (χ1n) is 12.2. The average molecular weight is 515 g/mol. The maximum atomic E-state index is 14.3. The number of carbonyl (C=O) groups is 1. The molecule has 3 aromatic carbocycles. The van der Waals surface area contributed by atoms with Crippen molar-refractivity contribution in [1.29, 1.82) is 0 Å². The van der Waals surface area contributed by atoms with E-state index in [0.717, 1.165) is 11.1 Å². The number of carbonyl (C=O) groups excluding carboxylic acids is 1. The lowest BCUT2D eigenvalue weighted by atomic mass is 10.00. The summed E-state index contributed by atoms with van der Waals surface area (Å²) in [6.45, 7) is 0.279. The van der Waals surface area contributed by atoms with Crippen molar-refractivity contribution in [3.8, 4) is 34.3 Å². The van der Waals surface area contributed by atoms with E-state index >= 15 is 0 Å². The first kappa shape index (κ1) is 25.4. The summed E-state index contributed by atoms with van der Waals surface area (Å²) < 4.78 is 23.8. The molecule has 0 saturated heterocycles. The van der Waals surface area contributed by atoms with Crippen molar-refractivity contribution in [3.63, 3.8) is 0 Å². The number of nitrogens with zero attached hydrogens (tertiary/aromatic N) is 2. The molecule has 0 N–H and O–H groups in total. The van der Waals surface area contributed by atoms with Crippen LogP contribution in [0.3, 0.4) is 0 Å². The first-order chi connectivity index (χ1) is 18.4. The van der Waals surface area contributed by atoms with Crippen LogP contribution in [0.4, 0.5) is 0 Å². The van der Waals surface area contributed by atoms with Crippen LogP contribution in [0.1, 0.15) is 27.5 Å². The van der Waals surface area contributed by atoms with E-state index in [9.17, 15) is 9.59 Å². The molecule has 0 fully saturated rings. The fraction of sp³-hybridized carbons (Fsp3) is 0.267. The summed E-state index contributed by atoms with van der Waals surface area (Å²) in [4.78, 5) is 30.1. The lowest BCUT2D eigenvalue weighted by Gasteiger charge is -2.28. The highest BCUT2D eigenvalue weighted by Crippen LogP contribution is 2.43. The Morgan fingerprint density at radius 1 is 0.789 bits per heavy atom. The van der Waals surface area contributed by atoms with Gasteiger partial charge < -0.3 is 28.4 Å². The van der Waals surface area contributed by atoms with Crippen LogP contribution in [0.25, 0.3) is 22.0 Å². The lowest BCUT2D eigenvalue weighted by Crippen LogP contribution is -2.31. The third kappa shape index (κ3) is 3.80. The molecule has 0 radical (unpaired) electrons. The Bertz CT molecular complexity index is 1620. The zero-order chi connectivity index (χ0) is 27.1. The molecule has 4 aromatic rings. The van der Waals surface area contributed by atoms with Crippen LogP contribution in [0, 0.1) is 0 Å². The molecule has 1 aliphatic rings. The number of ketones is 1. The van der Waals surface area contributed by atoms with Gasteiger partial charge in [0, 0.05) is 23.1 Å². The maximum Gasteiger partial charge on any atom is 0.262 e. The smallest absolute Gasteiger partial charge is 0.262 e. The van der Waals surface area contributed by atoms with E-state index in [1.54, 1.807) is 37.0 Å². The van der Waals surface area contributed by atoms with Crippen LogP contribution in [0.15, 0.2) is 59.4 Å². The SMILES string of the molecule is COc1ccc([C@@H](Cn2c3c(c4ccc(OC)c(OC)c4c2=O)C(=O)c2ccccc2-3)N(C)C)cc1OC. The van der Waals surface area contributed by atoms with Crippen LogP contribution in [-0.4, -0.2) is 57.8 Å². The predicted molar refractivity (Wildman–Crippen MR) is 146 cm³/mol. The largest absolute Gasteiger partial charge is 0.493 e. The van der Waals surface area contributed by atoms with Gasteiger partial charge in [-0.1, -0.05) is 30.3 Å². The second-order valence-corrected chi connectivity index (χ2v) is 9.33. The number of methoxy groups -OCH3 is 4. The third-order valence-corrected chi connectivity index (χ3v) is 7.21. The Hall–Kier alpha value is -4.30. The topological polar surface area (TPSA) is 79.2 Å². The van der Waals surface area contributed by atoms with Gasteiger partial charge in [0.05, 0.1) is 51.1 Å². The summed E-state index contributed by atoms with van der Waals surface area (Å²) in [6, 6.07) is 16.4. The van der Waals surface area contributed by atoms with Gasteiger partial charge in [-0.25, -0.2) is 0 Å². The highest BCUT2D eigenvalue weighted by molar-refractivity contribution is 6.27. The third-order valence-electron chi connectivity index (χ3n) is 7.21. The molecule has 8 nitrogen and oxygen atoms in total. The Morgan fingerprint density at radius 2 is 1.45 bits per heavy atom. The van der Waals surface area contributed by atoms with E-state index in [-0.39, 0.29) is 23.9 Å². The first-order valence-corrected chi connectivity index (χ1v) is 12.2. The second kappa shape index (κ2) is 9.87. The summed E-state index contributed by atoms with van der Waals surface area (Å²) >= 11 is 0. The molecule has 0 aliphatic heterocycles. The van der Waals surface area contributed by atoms with Gasteiger partial charge in [0.15, 0.2) is 28.8 Å². The number of likely N-dealkylation sites (N-methyl/N-ethyl adjacent to an activating group) is 1. The molecule has 38 heavy (non-hydrogen) atoms. The molecular weight excluding hydrogens is 484 g/mol. The number of hydrogen-bond acceptors (Lipinski definition) is 7. The molecule has 0 unspecified atom stereocenters. The molecule has 196 valence electrons. The van der Waals surface area contributed by atoms with E-state index in [0.29, 0.717) is 50.6 Å². The van der Waals surface area contributed by atoms with E-state index in [1.807, 2.05) is 55.4 Å². The number of ether oxygens (including phenoxy) is 4. The molecule has 1 heterocycles. The summed E-state index contributed by atoms with van der Waals surface area (Å²) in [5.41, 5.74) is 3.10. The van der Waals surface area contributed by atoms with Gasteiger partial charge >= 0.3 is 0 Å². The summed E-state index contributed by atoms with van der Waals surface area (Å²) in [7, 11) is 10.1. The Morgan fingerprint density at radius 3 is 2.08 bits per heavy atom. The molecule has 0 spiro atoms. The molecule has 0 saturated carbocycles. The quantitative estimate of drug-likeness (QED) is 0.301. The highest BCUT2D eigenvalue weighted by Gasteiger charge is 2.34. The van der Waals surface area contributed by atoms with E-state index in [1.165, 1.54) is 14.2 Å². The molecule has 0 amide bonds. The van der Waals surface area contributed by atoms with Crippen molar-refractivity contribution < 1.29 is 23.7 Å². The molecule has 0 bridgehead atoms. The summed E-state index contributed by atoms with van der Waals surface area (Å²) in [6.07, 6.45) is 0. The number of aromatic nitrogens is 1. The van der Waals surface area contributed by atoms with Gasteiger partial charge in [0.1, 0.15) is 0 Å². The molecule has 8 heteroatoms. The van der Waals surface area contributed by atoms with Crippen molar-refractivity contribution >= 4 is 16.6 Å². The predicted octanol–water partition coefficient (Wildman–Crippen LogP) is 4.55. The van der Waals surface area contributed by atoms with E-state index in [2.05, 4.69) is 0 Å². The lowest BCUT2D eigenvalue weighted by molar-refractivity contribution is 0.104. The zero-order valence-electron chi connectivity index (χ0n) is 22.3. The van der Waals surface area contributed by atoms with E-state index < -0.39 is 0 Å². The number of pyridine rings is 1. The van der Waals surface area contributed by atoms with Crippen LogP contribution >= 0.6 is 0 Å². The van der Waals surface area contributed by atoms with Gasteiger partial charge in [-0.2, -0.15) is 0 Å². The minimum absolute atomic E-state index is 0.117. The second-order valence-electron chi connectivity index (χ2n) is 9.33. The molecule has 1 atom stereocenters. The van der Waals surface area contributed by atoms with Gasteiger partial charge in [-0.15, -0.1) is 0 Å². The van der Waals surface area contributed by atoms with Gasteiger partial charge in [-0.05, 0) is 43.9 Å². The van der Waals surface area contributed by atoms with Crippen molar-refractivity contribution in [2.75, 3.05) is 42.5 Å². The fourth-order valence-corrected chi connectivity index (χ4v) is 5.35. The minimum Gasteiger partial charge on any atom is -0.493 e. The average Bonchev–Trinajstić information content (AvgIpc) is 3.24. The van der Waals surface area contributed by atoms with Crippen molar-refractivity contribution in [3.05, 3.63) is 81.6 Å². The maximum absolute atomic E-state index is 14.3. The molecule has 1 aliphatic carbocycles. The number of fused-ring (bicyclic) bond motifs is 5. The standard InChI is InChI=1S/C30H30N2O6/c1-31(2)21(17-11-13-22(35-3)24(15-17)37-5)16-32-27-18-9-7-8-10-19(18)28(33)25(27)20-12-14-23(36-4)29(38-6)26(20)30(32)34/h7-15,21H,16H2,1-6H3/t21-/m1/s1. The van der Waals surface area contributed by atoms with Crippen molar-refractivity contribution in [1.82, 2.24) is 9.47 Å². The summed E-state index contributed by atoms with van der Waals surface area (Å²) in [5.74, 6) is 1.83. The number of benzene rings is 3. The molecular formula is C30H30N2O6.